The van der Waals surface area contributed by atoms with Crippen LogP contribution in [0.5, 0.6) is 0 Å². The Morgan fingerprint density at radius 2 is 1.55 bits per heavy atom. The largest absolute Gasteiger partial charge is 0.325 e. The predicted octanol–water partition coefficient (Wildman–Crippen LogP) is 6.24. The normalized spacial score (nSPS) is 11.5. The van der Waals surface area contributed by atoms with Crippen LogP contribution in [-0.2, 0) is 21.4 Å². The number of carbonyl (C=O) groups excluding carboxylic acids is 1. The van der Waals surface area contributed by atoms with E-state index < -0.39 is 22.5 Å². The number of rotatable bonds is 7. The maximum absolute atomic E-state index is 13.3. The van der Waals surface area contributed by atoms with Crippen LogP contribution in [0.4, 0.5) is 5.69 Å². The molecule has 5 nitrogen and oxygen atoms in total. The van der Waals surface area contributed by atoms with Crippen LogP contribution in [0.25, 0.3) is 0 Å². The topological polar surface area (TPSA) is 66.5 Å². The van der Waals surface area contributed by atoms with Crippen molar-refractivity contribution in [3.05, 3.63) is 91.8 Å². The number of nitrogens with one attached hydrogen (secondary N) is 1. The molecule has 0 aromatic heterocycles. The van der Waals surface area contributed by atoms with Gasteiger partial charge in [-0.15, -0.1) is 0 Å². The third kappa shape index (κ3) is 6.44. The first kappa shape index (κ1) is 24.0. The second-order valence-electron chi connectivity index (χ2n) is 6.53. The number of anilines is 1. The summed E-state index contributed by atoms with van der Waals surface area (Å²) >= 11 is 21.1. The molecule has 0 fully saturated rings. The van der Waals surface area contributed by atoms with Gasteiger partial charge in [0, 0.05) is 21.7 Å². The van der Waals surface area contributed by atoms with Gasteiger partial charge >= 0.3 is 0 Å². The number of benzene rings is 3. The zero-order valence-electron chi connectivity index (χ0n) is 15.9. The van der Waals surface area contributed by atoms with Gasteiger partial charge in [-0.3, -0.25) is 4.79 Å². The highest BCUT2D eigenvalue weighted by Gasteiger charge is 2.27. The summed E-state index contributed by atoms with van der Waals surface area (Å²) in [6.07, 6.45) is 0. The lowest BCUT2D eigenvalue weighted by atomic mass is 10.2. The number of hydrogen-bond donors (Lipinski definition) is 1. The van der Waals surface area contributed by atoms with Crippen LogP contribution < -0.4 is 5.32 Å². The van der Waals surface area contributed by atoms with Crippen molar-refractivity contribution in [3.8, 4) is 0 Å². The summed E-state index contributed by atoms with van der Waals surface area (Å²) in [5.41, 5.74) is 1.10. The Hall–Kier alpha value is -1.61. The standard InChI is InChI=1S/C21H16BrCl3N2O3S/c22-15-3-8-18(9-4-15)31(29,30)27(12-14-1-5-16(23)6-2-14)13-21(28)26-17-7-10-19(24)20(25)11-17/h1-11H,12-13H2,(H,26,28). The highest BCUT2D eigenvalue weighted by atomic mass is 79.9. The molecule has 0 aliphatic heterocycles. The lowest BCUT2D eigenvalue weighted by Crippen LogP contribution is -2.37. The van der Waals surface area contributed by atoms with Gasteiger partial charge in [0.2, 0.25) is 15.9 Å². The molecular formula is C21H16BrCl3N2O3S. The fourth-order valence-corrected chi connectivity index (χ4v) is 4.78. The van der Waals surface area contributed by atoms with Gasteiger partial charge in [-0.05, 0) is 60.2 Å². The summed E-state index contributed by atoms with van der Waals surface area (Å²) in [5, 5.41) is 3.81. The fourth-order valence-electron chi connectivity index (χ4n) is 2.71. The van der Waals surface area contributed by atoms with E-state index in [1.807, 2.05) is 0 Å². The van der Waals surface area contributed by atoms with Crippen LogP contribution in [-0.4, -0.2) is 25.2 Å². The minimum atomic E-state index is -3.96. The Bertz CT molecular complexity index is 1190. The average molecular weight is 563 g/mol. The summed E-state index contributed by atoms with van der Waals surface area (Å²) in [6.45, 7) is -0.411. The molecule has 31 heavy (non-hydrogen) atoms. The molecule has 0 saturated heterocycles. The van der Waals surface area contributed by atoms with Crippen LogP contribution in [0, 0.1) is 0 Å². The van der Waals surface area contributed by atoms with E-state index in [0.717, 1.165) is 8.78 Å². The number of halogens is 4. The Labute approximate surface area is 204 Å². The lowest BCUT2D eigenvalue weighted by molar-refractivity contribution is -0.116. The van der Waals surface area contributed by atoms with Crippen LogP contribution in [0.2, 0.25) is 15.1 Å². The van der Waals surface area contributed by atoms with Gasteiger partial charge in [-0.25, -0.2) is 8.42 Å². The first-order valence-electron chi connectivity index (χ1n) is 8.90. The van der Waals surface area contributed by atoms with E-state index in [1.165, 1.54) is 18.2 Å². The van der Waals surface area contributed by atoms with E-state index in [4.69, 9.17) is 34.8 Å². The Kier molecular flexibility index (Phi) is 8.02. The van der Waals surface area contributed by atoms with E-state index in [2.05, 4.69) is 21.2 Å². The molecule has 162 valence electrons. The predicted molar refractivity (Wildman–Crippen MR) is 128 cm³/mol. The lowest BCUT2D eigenvalue weighted by Gasteiger charge is -2.22. The second kappa shape index (κ2) is 10.3. The van der Waals surface area contributed by atoms with Crippen molar-refractivity contribution in [2.24, 2.45) is 0 Å². The van der Waals surface area contributed by atoms with Crippen molar-refractivity contribution in [1.82, 2.24) is 4.31 Å². The van der Waals surface area contributed by atoms with Crippen LogP contribution in [0.1, 0.15) is 5.56 Å². The average Bonchev–Trinajstić information content (AvgIpc) is 2.72. The van der Waals surface area contributed by atoms with Gasteiger partial charge < -0.3 is 5.32 Å². The maximum Gasteiger partial charge on any atom is 0.243 e. The molecule has 0 radical (unpaired) electrons. The minimum Gasteiger partial charge on any atom is -0.325 e. The molecule has 0 atom stereocenters. The van der Waals surface area contributed by atoms with Gasteiger partial charge in [0.15, 0.2) is 0 Å². The summed E-state index contributed by atoms with van der Waals surface area (Å²) in [5.74, 6) is -0.520. The molecular weight excluding hydrogens is 547 g/mol. The fraction of sp³-hybridized carbons (Fsp3) is 0.0952. The highest BCUT2D eigenvalue weighted by molar-refractivity contribution is 9.10. The SMILES string of the molecule is O=C(CN(Cc1ccc(Cl)cc1)S(=O)(=O)c1ccc(Br)cc1)Nc1ccc(Cl)c(Cl)c1. The molecule has 3 aromatic carbocycles. The first-order chi connectivity index (χ1) is 14.6. The molecule has 0 aliphatic carbocycles. The van der Waals surface area contributed by atoms with Crippen molar-refractivity contribution in [2.45, 2.75) is 11.4 Å². The maximum atomic E-state index is 13.3. The molecule has 0 aliphatic rings. The van der Waals surface area contributed by atoms with Crippen molar-refractivity contribution < 1.29 is 13.2 Å². The van der Waals surface area contributed by atoms with E-state index in [0.29, 0.717) is 21.3 Å². The van der Waals surface area contributed by atoms with Crippen LogP contribution >= 0.6 is 50.7 Å². The molecule has 3 aromatic rings. The van der Waals surface area contributed by atoms with Crippen molar-refractivity contribution in [2.75, 3.05) is 11.9 Å². The molecule has 0 unspecified atom stereocenters. The molecule has 10 heteroatoms. The van der Waals surface area contributed by atoms with Crippen LogP contribution in [0.15, 0.2) is 76.1 Å². The summed E-state index contributed by atoms with van der Waals surface area (Å²) < 4.78 is 28.4. The van der Waals surface area contributed by atoms with Gasteiger partial charge in [0.1, 0.15) is 0 Å². The second-order valence-corrected chi connectivity index (χ2v) is 10.6. The number of sulfonamides is 1. The zero-order valence-corrected chi connectivity index (χ0v) is 20.5. The zero-order chi connectivity index (χ0) is 22.6. The van der Waals surface area contributed by atoms with Gasteiger partial charge in [-0.1, -0.05) is 62.9 Å². The molecule has 0 heterocycles. The Morgan fingerprint density at radius 3 is 2.16 bits per heavy atom. The monoisotopic (exact) mass is 560 g/mol. The number of hydrogen-bond acceptors (Lipinski definition) is 3. The smallest absolute Gasteiger partial charge is 0.243 e. The molecule has 0 bridgehead atoms. The molecule has 1 N–H and O–H groups in total. The quantitative estimate of drug-likeness (QED) is 0.371. The Balaban J connectivity index is 1.87. The van der Waals surface area contributed by atoms with E-state index >= 15 is 0 Å². The summed E-state index contributed by atoms with van der Waals surface area (Å²) in [6, 6.07) is 17.6. The third-order valence-electron chi connectivity index (χ3n) is 4.25. The highest BCUT2D eigenvalue weighted by Crippen LogP contribution is 2.25. The molecule has 0 saturated carbocycles. The van der Waals surface area contributed by atoms with Crippen LogP contribution in [0.3, 0.4) is 0 Å². The molecule has 0 spiro atoms. The van der Waals surface area contributed by atoms with E-state index in [-0.39, 0.29) is 16.5 Å². The summed E-state index contributed by atoms with van der Waals surface area (Å²) in [7, 11) is -3.96. The number of nitrogens with zero attached hydrogens (tertiary/aromatic N) is 1. The van der Waals surface area contributed by atoms with Gasteiger partial charge in [0.05, 0.1) is 21.5 Å². The first-order valence-corrected chi connectivity index (χ1v) is 12.3. The van der Waals surface area contributed by atoms with Crippen molar-refractivity contribution in [1.29, 1.82) is 0 Å². The van der Waals surface area contributed by atoms with Gasteiger partial charge in [0.25, 0.3) is 0 Å². The molecule has 3 rings (SSSR count). The number of carbonyl (C=O) groups is 1. The van der Waals surface area contributed by atoms with E-state index in [1.54, 1.807) is 48.5 Å². The van der Waals surface area contributed by atoms with E-state index in [9.17, 15) is 13.2 Å². The summed E-state index contributed by atoms with van der Waals surface area (Å²) in [4.78, 5) is 12.7. The van der Waals surface area contributed by atoms with Crippen molar-refractivity contribution in [3.63, 3.8) is 0 Å². The van der Waals surface area contributed by atoms with Crippen molar-refractivity contribution >= 4 is 72.4 Å². The minimum absolute atomic E-state index is 0.00956. The number of amides is 1. The molecule has 1 amide bonds. The third-order valence-corrected chi connectivity index (χ3v) is 7.57. The Morgan fingerprint density at radius 1 is 0.903 bits per heavy atom. The van der Waals surface area contributed by atoms with Gasteiger partial charge in [-0.2, -0.15) is 4.31 Å².